The second-order valence-electron chi connectivity index (χ2n) is 7.11. The molecule has 0 N–H and O–H groups in total. The van der Waals surface area contributed by atoms with Crippen molar-refractivity contribution in [1.82, 2.24) is 29.9 Å². The number of halogens is 2. The molecule has 1 saturated heterocycles. The third kappa shape index (κ3) is 3.45. The Morgan fingerprint density at radius 1 is 0.903 bits per heavy atom. The van der Waals surface area contributed by atoms with Crippen LogP contribution in [0.15, 0.2) is 54.9 Å². The second-order valence-corrected chi connectivity index (χ2v) is 7.11. The molecule has 0 saturated carbocycles. The minimum Gasteiger partial charge on any atom is -0.351 e. The van der Waals surface area contributed by atoms with Gasteiger partial charge in [0.05, 0.1) is 11.3 Å². The van der Waals surface area contributed by atoms with Gasteiger partial charge in [-0.1, -0.05) is 17.3 Å². The summed E-state index contributed by atoms with van der Waals surface area (Å²) >= 11 is 0. The molecule has 31 heavy (non-hydrogen) atoms. The molecule has 2 aromatic heterocycles. The first kappa shape index (κ1) is 19.0. The highest BCUT2D eigenvalue weighted by molar-refractivity contribution is 5.94. The smallest absolute Gasteiger partial charge is 0.256 e. The van der Waals surface area contributed by atoms with Gasteiger partial charge in [-0.2, -0.15) is 4.68 Å². The molecular weight excluding hydrogens is 404 g/mol. The molecule has 1 aliphatic heterocycles. The molecule has 1 fully saturated rings. The lowest BCUT2D eigenvalue weighted by atomic mass is 10.1. The van der Waals surface area contributed by atoms with Crippen LogP contribution in [0.1, 0.15) is 10.4 Å². The van der Waals surface area contributed by atoms with Crippen LogP contribution in [0.5, 0.6) is 0 Å². The van der Waals surface area contributed by atoms with E-state index in [4.69, 9.17) is 0 Å². The van der Waals surface area contributed by atoms with Crippen molar-refractivity contribution in [3.63, 3.8) is 0 Å². The van der Waals surface area contributed by atoms with E-state index < -0.39 is 5.82 Å². The molecule has 4 aromatic rings. The van der Waals surface area contributed by atoms with E-state index in [-0.39, 0.29) is 17.3 Å². The molecule has 0 radical (unpaired) electrons. The van der Waals surface area contributed by atoms with E-state index >= 15 is 0 Å². The first-order valence-corrected chi connectivity index (χ1v) is 9.73. The van der Waals surface area contributed by atoms with Crippen LogP contribution in [0, 0.1) is 11.6 Å². The lowest BCUT2D eigenvalue weighted by Gasteiger charge is -2.35. The number of rotatable bonds is 3. The monoisotopic (exact) mass is 421 g/mol. The van der Waals surface area contributed by atoms with Gasteiger partial charge in [-0.05, 0) is 36.4 Å². The van der Waals surface area contributed by atoms with Crippen molar-refractivity contribution in [3.8, 4) is 5.69 Å². The first-order valence-electron chi connectivity index (χ1n) is 9.73. The summed E-state index contributed by atoms with van der Waals surface area (Å²) in [6.07, 6.45) is 1.43. The molecule has 8 nitrogen and oxygen atoms in total. The van der Waals surface area contributed by atoms with Crippen LogP contribution in [0.2, 0.25) is 0 Å². The minimum absolute atomic E-state index is 0.0719. The van der Waals surface area contributed by atoms with Crippen LogP contribution in [-0.2, 0) is 0 Å². The van der Waals surface area contributed by atoms with E-state index in [1.807, 2.05) is 4.90 Å². The van der Waals surface area contributed by atoms with E-state index in [0.717, 1.165) is 0 Å². The quantitative estimate of drug-likeness (QED) is 0.506. The standard InChI is InChI=1S/C21H17F2N7O/c22-14-5-7-15(8-6-14)30-20-18(26-27-30)19(24-13-25-20)28-9-11-29(12-10-28)21(31)16-3-1-2-4-17(16)23/h1-8,13H,9-12H2. The number of nitrogens with zero attached hydrogens (tertiary/aromatic N) is 7. The number of hydrogen-bond acceptors (Lipinski definition) is 6. The number of piperazine rings is 1. The summed E-state index contributed by atoms with van der Waals surface area (Å²) in [5.41, 5.74) is 1.72. The summed E-state index contributed by atoms with van der Waals surface area (Å²) in [5.74, 6) is -0.583. The van der Waals surface area contributed by atoms with Gasteiger partial charge in [0.2, 0.25) is 0 Å². The Labute approximate surface area is 175 Å². The predicted octanol–water partition coefficient (Wildman–Crippen LogP) is 2.45. The Morgan fingerprint density at radius 3 is 2.39 bits per heavy atom. The lowest BCUT2D eigenvalue weighted by Crippen LogP contribution is -2.49. The Hall–Kier alpha value is -3.95. The number of anilines is 1. The number of aromatic nitrogens is 5. The Balaban J connectivity index is 1.37. The third-order valence-corrected chi connectivity index (χ3v) is 5.26. The molecule has 156 valence electrons. The molecule has 3 heterocycles. The van der Waals surface area contributed by atoms with Crippen molar-refractivity contribution in [2.45, 2.75) is 0 Å². The van der Waals surface area contributed by atoms with E-state index in [2.05, 4.69) is 20.3 Å². The van der Waals surface area contributed by atoms with Gasteiger partial charge in [0, 0.05) is 26.2 Å². The highest BCUT2D eigenvalue weighted by atomic mass is 19.1. The van der Waals surface area contributed by atoms with Gasteiger partial charge in [-0.15, -0.1) is 5.10 Å². The zero-order valence-electron chi connectivity index (χ0n) is 16.3. The van der Waals surface area contributed by atoms with Crippen molar-refractivity contribution < 1.29 is 13.6 Å². The fourth-order valence-electron chi connectivity index (χ4n) is 3.65. The Kier molecular flexibility index (Phi) is 4.73. The fraction of sp³-hybridized carbons (Fsp3) is 0.190. The van der Waals surface area contributed by atoms with Crippen molar-refractivity contribution in [2.24, 2.45) is 0 Å². The van der Waals surface area contributed by atoms with Crippen LogP contribution < -0.4 is 4.90 Å². The number of carbonyl (C=O) groups excluding carboxylic acids is 1. The normalized spacial score (nSPS) is 14.3. The summed E-state index contributed by atoms with van der Waals surface area (Å²) in [6, 6.07) is 11.9. The summed E-state index contributed by atoms with van der Waals surface area (Å²) in [5, 5.41) is 8.38. The predicted molar refractivity (Wildman–Crippen MR) is 109 cm³/mol. The van der Waals surface area contributed by atoms with Crippen molar-refractivity contribution in [2.75, 3.05) is 31.1 Å². The average molecular weight is 421 g/mol. The number of benzene rings is 2. The highest BCUT2D eigenvalue weighted by Crippen LogP contribution is 2.24. The lowest BCUT2D eigenvalue weighted by molar-refractivity contribution is 0.0742. The van der Waals surface area contributed by atoms with E-state index in [1.165, 1.54) is 35.3 Å². The first-order chi connectivity index (χ1) is 15.1. The topological polar surface area (TPSA) is 80.0 Å². The van der Waals surface area contributed by atoms with Crippen LogP contribution in [-0.4, -0.2) is 61.9 Å². The maximum Gasteiger partial charge on any atom is 0.256 e. The van der Waals surface area contributed by atoms with Crippen molar-refractivity contribution >= 4 is 22.9 Å². The van der Waals surface area contributed by atoms with Gasteiger partial charge in [0.15, 0.2) is 17.0 Å². The Bertz CT molecular complexity index is 1250. The molecule has 10 heteroatoms. The van der Waals surface area contributed by atoms with E-state index in [9.17, 15) is 13.6 Å². The molecule has 1 amide bonds. The number of hydrogen-bond donors (Lipinski definition) is 0. The number of amides is 1. The zero-order chi connectivity index (χ0) is 21.4. The molecular formula is C21H17F2N7O. The van der Waals surface area contributed by atoms with Crippen LogP contribution in [0.3, 0.4) is 0 Å². The van der Waals surface area contributed by atoms with Gasteiger partial charge in [0.1, 0.15) is 18.0 Å². The summed E-state index contributed by atoms with van der Waals surface area (Å²) in [7, 11) is 0. The van der Waals surface area contributed by atoms with Gasteiger partial charge in [-0.3, -0.25) is 4.79 Å². The molecule has 5 rings (SSSR count). The maximum absolute atomic E-state index is 14.0. The maximum atomic E-state index is 14.0. The largest absolute Gasteiger partial charge is 0.351 e. The van der Waals surface area contributed by atoms with E-state index in [0.29, 0.717) is 48.8 Å². The van der Waals surface area contributed by atoms with Gasteiger partial charge < -0.3 is 9.80 Å². The molecule has 0 aliphatic carbocycles. The summed E-state index contributed by atoms with van der Waals surface area (Å²) in [4.78, 5) is 24.9. The van der Waals surface area contributed by atoms with Crippen LogP contribution in [0.4, 0.5) is 14.6 Å². The van der Waals surface area contributed by atoms with Gasteiger partial charge >= 0.3 is 0 Å². The zero-order valence-corrected chi connectivity index (χ0v) is 16.3. The molecule has 0 atom stereocenters. The number of fused-ring (bicyclic) bond motifs is 1. The summed E-state index contributed by atoms with van der Waals surface area (Å²) in [6.45, 7) is 1.86. The van der Waals surface area contributed by atoms with Crippen molar-refractivity contribution in [1.29, 1.82) is 0 Å². The van der Waals surface area contributed by atoms with E-state index in [1.54, 1.807) is 29.2 Å². The van der Waals surface area contributed by atoms with Gasteiger partial charge in [-0.25, -0.2) is 18.7 Å². The second kappa shape index (κ2) is 7.71. The fourth-order valence-corrected chi connectivity index (χ4v) is 3.65. The van der Waals surface area contributed by atoms with Crippen molar-refractivity contribution in [3.05, 3.63) is 72.1 Å². The summed E-state index contributed by atoms with van der Waals surface area (Å²) < 4.78 is 28.7. The van der Waals surface area contributed by atoms with Crippen LogP contribution in [0.25, 0.3) is 16.9 Å². The molecule has 0 spiro atoms. The third-order valence-electron chi connectivity index (χ3n) is 5.26. The molecule has 0 bridgehead atoms. The number of carbonyl (C=O) groups is 1. The SMILES string of the molecule is O=C(c1ccccc1F)N1CCN(c2ncnc3c2nnn3-c2ccc(F)cc2)CC1. The van der Waals surface area contributed by atoms with Crippen LogP contribution >= 0.6 is 0 Å². The van der Waals surface area contributed by atoms with Gasteiger partial charge in [0.25, 0.3) is 5.91 Å². The Morgan fingerprint density at radius 2 is 1.65 bits per heavy atom. The average Bonchev–Trinajstić information content (AvgIpc) is 3.24. The minimum atomic E-state index is -0.523. The molecule has 2 aromatic carbocycles. The highest BCUT2D eigenvalue weighted by Gasteiger charge is 2.26. The molecule has 1 aliphatic rings. The molecule has 0 unspecified atom stereocenters.